The molecule has 0 aliphatic carbocycles. The SMILES string of the molecule is CCOC(=O)C(C)NC(=O)OCOP(=O)(CC)OCOC(=O)NC(C)C(=O)OC. The van der Waals surface area contributed by atoms with Crippen LogP contribution in [0.1, 0.15) is 27.7 Å². The highest BCUT2D eigenvalue weighted by atomic mass is 31.2. The molecule has 0 radical (unpaired) electrons. The number of hydrogen-bond donors (Lipinski definition) is 2. The first-order valence-corrected chi connectivity index (χ1v) is 10.3. The van der Waals surface area contributed by atoms with E-state index < -0.39 is 57.4 Å². The van der Waals surface area contributed by atoms with Crippen molar-refractivity contribution in [2.24, 2.45) is 0 Å². The van der Waals surface area contributed by atoms with Crippen molar-refractivity contribution < 1.29 is 51.7 Å². The molecule has 0 aliphatic rings. The van der Waals surface area contributed by atoms with E-state index in [2.05, 4.69) is 24.8 Å². The van der Waals surface area contributed by atoms with Gasteiger partial charge < -0.3 is 29.6 Å². The van der Waals surface area contributed by atoms with E-state index in [1.54, 1.807) is 6.92 Å². The lowest BCUT2D eigenvalue weighted by molar-refractivity contribution is -0.145. The molecule has 0 aromatic heterocycles. The lowest BCUT2D eigenvalue weighted by Gasteiger charge is -2.18. The maximum absolute atomic E-state index is 12.3. The van der Waals surface area contributed by atoms with Crippen molar-refractivity contribution in [1.82, 2.24) is 10.6 Å². The Morgan fingerprint density at radius 3 is 1.66 bits per heavy atom. The zero-order valence-corrected chi connectivity index (χ0v) is 17.8. The molecule has 0 rings (SSSR count). The predicted octanol–water partition coefficient (Wildman–Crippen LogP) is 1.11. The van der Waals surface area contributed by atoms with Gasteiger partial charge in [-0.1, -0.05) is 6.92 Å². The fourth-order valence-corrected chi connectivity index (χ4v) is 2.41. The van der Waals surface area contributed by atoms with Gasteiger partial charge in [0, 0.05) is 6.16 Å². The van der Waals surface area contributed by atoms with Gasteiger partial charge in [-0.3, -0.25) is 13.6 Å². The van der Waals surface area contributed by atoms with E-state index >= 15 is 0 Å². The maximum atomic E-state index is 12.3. The minimum Gasteiger partial charge on any atom is -0.467 e. The standard InChI is InChI=1S/C15H27N2O11P/c1-6-24-13(19)11(4)17-15(21)26-9-28-29(22,7-2)27-8-25-14(20)16-10(3)12(18)23-5/h10-11H,6-9H2,1-5H3,(H,16,20)(H,17,21). The Morgan fingerprint density at radius 1 is 0.828 bits per heavy atom. The highest BCUT2D eigenvalue weighted by Crippen LogP contribution is 2.47. The Hall–Kier alpha value is -2.37. The zero-order valence-electron chi connectivity index (χ0n) is 16.9. The molecule has 3 atom stereocenters. The first-order chi connectivity index (χ1) is 13.6. The van der Waals surface area contributed by atoms with Crippen LogP contribution in [0, 0.1) is 0 Å². The number of alkyl carbamates (subject to hydrolysis) is 2. The van der Waals surface area contributed by atoms with Crippen LogP contribution in [0.4, 0.5) is 9.59 Å². The van der Waals surface area contributed by atoms with Gasteiger partial charge in [-0.2, -0.15) is 0 Å². The van der Waals surface area contributed by atoms with Crippen LogP contribution in [0.25, 0.3) is 0 Å². The van der Waals surface area contributed by atoms with Crippen LogP contribution < -0.4 is 10.6 Å². The molecule has 0 bridgehead atoms. The third kappa shape index (κ3) is 11.3. The predicted molar refractivity (Wildman–Crippen MR) is 96.9 cm³/mol. The van der Waals surface area contributed by atoms with E-state index in [0.29, 0.717) is 0 Å². The van der Waals surface area contributed by atoms with Crippen molar-refractivity contribution >= 4 is 31.7 Å². The third-order valence-electron chi connectivity index (χ3n) is 3.13. The van der Waals surface area contributed by atoms with Crippen molar-refractivity contribution in [2.75, 3.05) is 33.5 Å². The number of esters is 2. The average Bonchev–Trinajstić information content (AvgIpc) is 2.67. The van der Waals surface area contributed by atoms with Crippen LogP contribution in [0.5, 0.6) is 0 Å². The summed E-state index contributed by atoms with van der Waals surface area (Å²) in [5, 5.41) is 4.36. The number of hydrogen-bond acceptors (Lipinski definition) is 11. The van der Waals surface area contributed by atoms with Gasteiger partial charge in [0.2, 0.25) is 13.6 Å². The molecule has 14 heteroatoms. The first kappa shape index (κ1) is 26.6. The third-order valence-corrected chi connectivity index (χ3v) is 4.90. The van der Waals surface area contributed by atoms with Crippen molar-refractivity contribution in [3.63, 3.8) is 0 Å². The molecule has 0 saturated carbocycles. The van der Waals surface area contributed by atoms with E-state index in [1.807, 2.05) is 0 Å². The van der Waals surface area contributed by atoms with Crippen molar-refractivity contribution in [3.05, 3.63) is 0 Å². The summed E-state index contributed by atoms with van der Waals surface area (Å²) in [4.78, 5) is 45.6. The number of amides is 2. The van der Waals surface area contributed by atoms with Crippen LogP contribution in [-0.2, 0) is 42.1 Å². The van der Waals surface area contributed by atoms with Crippen molar-refractivity contribution in [2.45, 2.75) is 39.8 Å². The van der Waals surface area contributed by atoms with E-state index in [-0.39, 0.29) is 12.8 Å². The molecule has 0 heterocycles. The summed E-state index contributed by atoms with van der Waals surface area (Å²) in [7, 11) is -2.57. The van der Waals surface area contributed by atoms with Gasteiger partial charge in [-0.05, 0) is 20.8 Å². The Labute approximate surface area is 168 Å². The van der Waals surface area contributed by atoms with Gasteiger partial charge in [0.25, 0.3) is 0 Å². The molecule has 13 nitrogen and oxygen atoms in total. The molecule has 0 fully saturated rings. The van der Waals surface area contributed by atoms with Gasteiger partial charge in [-0.25, -0.2) is 19.2 Å². The molecule has 2 N–H and O–H groups in total. The van der Waals surface area contributed by atoms with Crippen molar-refractivity contribution in [3.8, 4) is 0 Å². The largest absolute Gasteiger partial charge is 0.467 e. The number of carbonyl (C=O) groups excluding carboxylic acids is 4. The molecule has 0 aromatic rings. The second-order valence-corrected chi connectivity index (χ2v) is 7.66. The average molecular weight is 442 g/mol. The number of methoxy groups -OCH3 is 1. The Kier molecular flexibility index (Phi) is 12.6. The molecule has 0 aromatic carbocycles. The van der Waals surface area contributed by atoms with Crippen LogP contribution in [0.2, 0.25) is 0 Å². The number of carbonyl (C=O) groups is 4. The Balaban J connectivity index is 4.27. The fourth-order valence-electron chi connectivity index (χ4n) is 1.54. The van der Waals surface area contributed by atoms with Gasteiger partial charge in [0.05, 0.1) is 13.7 Å². The molecule has 0 saturated heterocycles. The van der Waals surface area contributed by atoms with Gasteiger partial charge in [0.15, 0.2) is 0 Å². The first-order valence-electron chi connectivity index (χ1n) is 8.57. The topological polar surface area (TPSA) is 165 Å². The summed E-state index contributed by atoms with van der Waals surface area (Å²) in [6, 6.07) is -1.90. The number of rotatable bonds is 12. The summed E-state index contributed by atoms with van der Waals surface area (Å²) in [5.41, 5.74) is 0. The molecule has 0 aliphatic heterocycles. The monoisotopic (exact) mass is 442 g/mol. The quantitative estimate of drug-likeness (QED) is 0.192. The smallest absolute Gasteiger partial charge is 0.409 e. The molecule has 168 valence electrons. The Bertz CT molecular complexity index is 613. The van der Waals surface area contributed by atoms with Crippen molar-refractivity contribution in [1.29, 1.82) is 0 Å². The van der Waals surface area contributed by atoms with Gasteiger partial charge >= 0.3 is 31.7 Å². The fraction of sp³-hybridized carbons (Fsp3) is 0.733. The highest BCUT2D eigenvalue weighted by molar-refractivity contribution is 7.53. The van der Waals surface area contributed by atoms with Crippen LogP contribution in [0.3, 0.4) is 0 Å². The molecular weight excluding hydrogens is 415 g/mol. The summed E-state index contributed by atoms with van der Waals surface area (Å²) >= 11 is 0. The summed E-state index contributed by atoms with van der Waals surface area (Å²) < 4.78 is 40.5. The van der Waals surface area contributed by atoms with Gasteiger partial charge in [0.1, 0.15) is 12.1 Å². The van der Waals surface area contributed by atoms with E-state index in [9.17, 15) is 23.7 Å². The number of nitrogens with one attached hydrogen (secondary N) is 2. The maximum Gasteiger partial charge on any atom is 0.409 e. The normalized spacial score (nSPS) is 14.5. The van der Waals surface area contributed by atoms with Crippen LogP contribution in [0.15, 0.2) is 0 Å². The van der Waals surface area contributed by atoms with Crippen LogP contribution >= 0.6 is 7.60 Å². The zero-order chi connectivity index (χ0) is 22.4. The molecular formula is C15H27N2O11P. The minimum atomic E-state index is -3.73. The minimum absolute atomic E-state index is 0.110. The second-order valence-electron chi connectivity index (χ2n) is 5.29. The Morgan fingerprint density at radius 2 is 1.28 bits per heavy atom. The highest BCUT2D eigenvalue weighted by Gasteiger charge is 2.25. The van der Waals surface area contributed by atoms with E-state index in [4.69, 9.17) is 13.8 Å². The molecule has 29 heavy (non-hydrogen) atoms. The molecule has 2 amide bonds. The number of ether oxygens (including phenoxy) is 4. The second kappa shape index (κ2) is 13.7. The summed E-state index contributed by atoms with van der Waals surface area (Å²) in [5.74, 6) is -1.33. The lowest BCUT2D eigenvalue weighted by atomic mass is 10.3. The summed E-state index contributed by atoms with van der Waals surface area (Å²) in [6.07, 6.45) is -2.12. The van der Waals surface area contributed by atoms with E-state index in [0.717, 1.165) is 7.11 Å². The lowest BCUT2D eigenvalue weighted by Crippen LogP contribution is -2.40. The van der Waals surface area contributed by atoms with Gasteiger partial charge in [-0.15, -0.1) is 0 Å². The van der Waals surface area contributed by atoms with Crippen LogP contribution in [-0.4, -0.2) is 69.7 Å². The summed E-state index contributed by atoms with van der Waals surface area (Å²) in [6.45, 7) is 4.54. The molecule has 3 unspecified atom stereocenters. The molecule has 0 spiro atoms. The van der Waals surface area contributed by atoms with E-state index in [1.165, 1.54) is 20.8 Å².